The number of benzene rings is 2. The first-order valence-electron chi connectivity index (χ1n) is 9.05. The van der Waals surface area contributed by atoms with Gasteiger partial charge in [0.1, 0.15) is 0 Å². The second-order valence-electron chi connectivity index (χ2n) is 6.66. The minimum absolute atomic E-state index is 0.146. The number of likely N-dealkylation sites (N-methyl/N-ethyl adjacent to an activating group) is 1. The van der Waals surface area contributed by atoms with Crippen molar-refractivity contribution >= 4 is 5.91 Å². The van der Waals surface area contributed by atoms with Crippen molar-refractivity contribution in [2.45, 2.75) is 19.1 Å². The minimum atomic E-state index is -4.35. The van der Waals surface area contributed by atoms with Crippen molar-refractivity contribution < 1.29 is 27.4 Å². The summed E-state index contributed by atoms with van der Waals surface area (Å²) in [4.78, 5) is 13.8. The quantitative estimate of drug-likeness (QED) is 0.687. The highest BCUT2D eigenvalue weighted by molar-refractivity contribution is 5.77. The third kappa shape index (κ3) is 6.98. The molecule has 0 bridgehead atoms. The van der Waals surface area contributed by atoms with Crippen molar-refractivity contribution in [1.82, 2.24) is 10.2 Å². The monoisotopic (exact) mass is 410 g/mol. The maximum Gasteiger partial charge on any atom is 0.416 e. The largest absolute Gasteiger partial charge is 0.493 e. The molecule has 5 nitrogen and oxygen atoms in total. The van der Waals surface area contributed by atoms with Gasteiger partial charge in [0.05, 0.1) is 26.3 Å². The van der Waals surface area contributed by atoms with Gasteiger partial charge in [0.15, 0.2) is 11.5 Å². The lowest BCUT2D eigenvalue weighted by Gasteiger charge is -2.17. The van der Waals surface area contributed by atoms with Gasteiger partial charge in [-0.05, 0) is 48.9 Å². The third-order valence-corrected chi connectivity index (χ3v) is 4.33. The Morgan fingerprint density at radius 3 is 2.21 bits per heavy atom. The van der Waals surface area contributed by atoms with E-state index in [-0.39, 0.29) is 12.5 Å². The van der Waals surface area contributed by atoms with E-state index in [1.807, 2.05) is 18.2 Å². The number of nitrogens with one attached hydrogen (secondary N) is 1. The van der Waals surface area contributed by atoms with E-state index in [4.69, 9.17) is 9.47 Å². The number of hydrogen-bond acceptors (Lipinski definition) is 4. The van der Waals surface area contributed by atoms with Gasteiger partial charge in [-0.2, -0.15) is 13.2 Å². The highest BCUT2D eigenvalue weighted by Crippen LogP contribution is 2.29. The summed E-state index contributed by atoms with van der Waals surface area (Å²) in [6, 6.07) is 10.5. The highest BCUT2D eigenvalue weighted by atomic mass is 19.4. The molecule has 0 heterocycles. The van der Waals surface area contributed by atoms with Crippen LogP contribution in [0.1, 0.15) is 16.7 Å². The van der Waals surface area contributed by atoms with Crippen molar-refractivity contribution in [3.05, 3.63) is 59.2 Å². The number of carbonyl (C=O) groups is 1. The first-order valence-corrected chi connectivity index (χ1v) is 9.05. The van der Waals surface area contributed by atoms with Crippen molar-refractivity contribution in [2.24, 2.45) is 0 Å². The second kappa shape index (κ2) is 10.2. The molecule has 0 spiro atoms. The van der Waals surface area contributed by atoms with Crippen LogP contribution in [0, 0.1) is 0 Å². The zero-order valence-corrected chi connectivity index (χ0v) is 16.7. The van der Waals surface area contributed by atoms with Gasteiger partial charge in [-0.1, -0.05) is 18.2 Å². The summed E-state index contributed by atoms with van der Waals surface area (Å²) in [5, 5.41) is 2.84. The smallest absolute Gasteiger partial charge is 0.416 e. The molecule has 0 radical (unpaired) electrons. The van der Waals surface area contributed by atoms with Crippen molar-refractivity contribution in [3.8, 4) is 11.5 Å². The summed E-state index contributed by atoms with van der Waals surface area (Å²) in [6.07, 6.45) is -3.72. The lowest BCUT2D eigenvalue weighted by molar-refractivity contribution is -0.137. The molecule has 2 aromatic rings. The maximum absolute atomic E-state index is 12.6. The van der Waals surface area contributed by atoms with E-state index in [0.717, 1.165) is 17.7 Å². The predicted octanol–water partition coefficient (Wildman–Crippen LogP) is 3.51. The van der Waals surface area contributed by atoms with Crippen LogP contribution in [0.2, 0.25) is 0 Å². The van der Waals surface area contributed by atoms with E-state index >= 15 is 0 Å². The SMILES string of the molecule is COc1ccc(CCNC(=O)CN(C)Cc2ccc(C(F)(F)F)cc2)cc1OC. The molecule has 0 aromatic heterocycles. The lowest BCUT2D eigenvalue weighted by atomic mass is 10.1. The van der Waals surface area contributed by atoms with E-state index in [2.05, 4.69) is 5.32 Å². The van der Waals surface area contributed by atoms with Crippen LogP contribution in [0.5, 0.6) is 11.5 Å². The first kappa shape index (κ1) is 22.5. The van der Waals surface area contributed by atoms with Crippen LogP contribution in [0.4, 0.5) is 13.2 Å². The fourth-order valence-electron chi connectivity index (χ4n) is 2.85. The summed E-state index contributed by atoms with van der Waals surface area (Å²) < 4.78 is 48.2. The van der Waals surface area contributed by atoms with Crippen LogP contribution in [0.25, 0.3) is 0 Å². The van der Waals surface area contributed by atoms with E-state index in [1.165, 1.54) is 12.1 Å². The van der Waals surface area contributed by atoms with Crippen molar-refractivity contribution in [2.75, 3.05) is 34.4 Å². The molecule has 0 atom stereocenters. The number of methoxy groups -OCH3 is 2. The summed E-state index contributed by atoms with van der Waals surface area (Å²) in [5.41, 5.74) is 1.02. The Morgan fingerprint density at radius 2 is 1.62 bits per heavy atom. The van der Waals surface area contributed by atoms with E-state index in [0.29, 0.717) is 36.6 Å². The number of amides is 1. The summed E-state index contributed by atoms with van der Waals surface area (Å²) >= 11 is 0. The molecule has 0 saturated carbocycles. The number of halogens is 3. The molecule has 0 aliphatic carbocycles. The van der Waals surface area contributed by atoms with Crippen LogP contribution < -0.4 is 14.8 Å². The highest BCUT2D eigenvalue weighted by Gasteiger charge is 2.29. The third-order valence-electron chi connectivity index (χ3n) is 4.33. The molecular formula is C21H25F3N2O3. The fraction of sp³-hybridized carbons (Fsp3) is 0.381. The zero-order valence-electron chi connectivity index (χ0n) is 16.7. The molecule has 1 amide bonds. The summed E-state index contributed by atoms with van der Waals surface area (Å²) in [5.74, 6) is 1.12. The van der Waals surface area contributed by atoms with Gasteiger partial charge < -0.3 is 14.8 Å². The van der Waals surface area contributed by atoms with E-state index < -0.39 is 11.7 Å². The van der Waals surface area contributed by atoms with Crippen LogP contribution in [0.15, 0.2) is 42.5 Å². The van der Waals surface area contributed by atoms with Crippen molar-refractivity contribution in [1.29, 1.82) is 0 Å². The Morgan fingerprint density at radius 1 is 1.00 bits per heavy atom. The Bertz CT molecular complexity index is 808. The molecule has 0 saturated heterocycles. The zero-order chi connectivity index (χ0) is 21.4. The van der Waals surface area contributed by atoms with Gasteiger partial charge in [0, 0.05) is 13.1 Å². The minimum Gasteiger partial charge on any atom is -0.493 e. The number of nitrogens with zero attached hydrogens (tertiary/aromatic N) is 1. The van der Waals surface area contributed by atoms with Gasteiger partial charge in [-0.25, -0.2) is 0 Å². The van der Waals surface area contributed by atoms with Gasteiger partial charge >= 0.3 is 6.18 Å². The molecule has 2 aromatic carbocycles. The molecular weight excluding hydrogens is 385 g/mol. The van der Waals surface area contributed by atoms with Crippen LogP contribution in [-0.2, 0) is 23.9 Å². The molecule has 29 heavy (non-hydrogen) atoms. The predicted molar refractivity (Wildman–Crippen MR) is 104 cm³/mol. The standard InChI is InChI=1S/C21H25F3N2O3/c1-26(13-16-4-7-17(8-5-16)21(22,23)24)14-20(27)25-11-10-15-6-9-18(28-2)19(12-15)29-3/h4-9,12H,10-11,13-14H2,1-3H3,(H,25,27). The first-order chi connectivity index (χ1) is 13.7. The molecule has 0 aliphatic rings. The summed E-state index contributed by atoms with van der Waals surface area (Å²) in [7, 11) is 4.88. The Labute approximate surface area is 168 Å². The number of carbonyl (C=O) groups excluding carboxylic acids is 1. The fourth-order valence-corrected chi connectivity index (χ4v) is 2.85. The van der Waals surface area contributed by atoms with Crippen LogP contribution in [-0.4, -0.2) is 45.2 Å². The molecule has 0 fully saturated rings. The van der Waals surface area contributed by atoms with E-state index in [9.17, 15) is 18.0 Å². The normalized spacial score (nSPS) is 11.4. The maximum atomic E-state index is 12.6. The van der Waals surface area contributed by atoms with Gasteiger partial charge in [0.2, 0.25) is 5.91 Å². The average Bonchev–Trinajstić information content (AvgIpc) is 2.67. The Balaban J connectivity index is 1.77. The molecule has 158 valence electrons. The van der Waals surface area contributed by atoms with E-state index in [1.54, 1.807) is 26.2 Å². The van der Waals surface area contributed by atoms with Gasteiger partial charge in [-0.3, -0.25) is 9.69 Å². The molecule has 8 heteroatoms. The average molecular weight is 410 g/mol. The molecule has 1 N–H and O–H groups in total. The summed E-state index contributed by atoms with van der Waals surface area (Å²) in [6.45, 7) is 0.983. The number of hydrogen-bond donors (Lipinski definition) is 1. The van der Waals surface area contributed by atoms with Gasteiger partial charge in [0.25, 0.3) is 0 Å². The number of ether oxygens (including phenoxy) is 2. The van der Waals surface area contributed by atoms with Crippen LogP contribution in [0.3, 0.4) is 0 Å². The van der Waals surface area contributed by atoms with Crippen molar-refractivity contribution in [3.63, 3.8) is 0 Å². The molecule has 2 rings (SSSR count). The topological polar surface area (TPSA) is 50.8 Å². The molecule has 0 aliphatic heterocycles. The Hall–Kier alpha value is -2.74. The lowest BCUT2D eigenvalue weighted by Crippen LogP contribution is -2.35. The molecule has 0 unspecified atom stereocenters. The Kier molecular flexibility index (Phi) is 7.90. The van der Waals surface area contributed by atoms with Crippen LogP contribution >= 0.6 is 0 Å². The number of rotatable bonds is 9. The van der Waals surface area contributed by atoms with Gasteiger partial charge in [-0.15, -0.1) is 0 Å². The number of alkyl halides is 3. The second-order valence-corrected chi connectivity index (χ2v) is 6.66.